The minimum atomic E-state index is -0.546. The Labute approximate surface area is 112 Å². The Morgan fingerprint density at radius 1 is 1.50 bits per heavy atom. The second kappa shape index (κ2) is 6.31. The van der Waals surface area contributed by atoms with Gasteiger partial charge in [0.2, 0.25) is 0 Å². The summed E-state index contributed by atoms with van der Waals surface area (Å²) in [5.41, 5.74) is 8.74. The smallest absolute Gasteiger partial charge is 0.351 e. The highest BCUT2D eigenvalue weighted by molar-refractivity contribution is 6.41. The van der Waals surface area contributed by atoms with Crippen molar-refractivity contribution in [1.82, 2.24) is 0 Å². The highest BCUT2D eigenvalue weighted by Crippen LogP contribution is 2.23. The van der Waals surface area contributed by atoms with Gasteiger partial charge in [-0.1, -0.05) is 17.7 Å². The molecule has 18 heavy (non-hydrogen) atoms. The number of aryl methyl sites for hydroxylation is 1. The quantitative estimate of drug-likeness (QED) is 0.500. The van der Waals surface area contributed by atoms with Crippen LogP contribution in [0, 0.1) is 6.92 Å². The van der Waals surface area contributed by atoms with E-state index in [0.717, 1.165) is 5.56 Å². The molecule has 98 valence electrons. The standard InChI is InChI=1S/C13H17ClN2O2/c1-4-18-13(17)12(14)9(3)16-11-6-5-8(2)7-10(11)15/h5-7,16H,4,15H2,1-3H3/b12-9+. The maximum atomic E-state index is 11.4. The van der Waals surface area contributed by atoms with Gasteiger partial charge >= 0.3 is 5.97 Å². The summed E-state index contributed by atoms with van der Waals surface area (Å²) < 4.78 is 4.81. The molecule has 0 spiro atoms. The van der Waals surface area contributed by atoms with Crippen molar-refractivity contribution in [1.29, 1.82) is 0 Å². The third kappa shape index (κ3) is 3.67. The maximum absolute atomic E-state index is 11.4. The number of hydrogen-bond donors (Lipinski definition) is 2. The number of carbonyl (C=O) groups excluding carboxylic acids is 1. The highest BCUT2D eigenvalue weighted by Gasteiger charge is 2.12. The Kier molecular flexibility index (Phi) is 5.04. The molecule has 0 radical (unpaired) electrons. The first-order valence-electron chi connectivity index (χ1n) is 5.62. The molecule has 0 heterocycles. The number of allylic oxidation sites excluding steroid dienone is 1. The zero-order chi connectivity index (χ0) is 13.7. The van der Waals surface area contributed by atoms with E-state index in [9.17, 15) is 4.79 Å². The van der Waals surface area contributed by atoms with E-state index in [1.165, 1.54) is 0 Å². The molecule has 4 nitrogen and oxygen atoms in total. The van der Waals surface area contributed by atoms with E-state index >= 15 is 0 Å². The Morgan fingerprint density at radius 2 is 2.17 bits per heavy atom. The van der Waals surface area contributed by atoms with Crippen LogP contribution in [0.15, 0.2) is 28.9 Å². The van der Waals surface area contributed by atoms with Crippen molar-refractivity contribution in [3.8, 4) is 0 Å². The van der Waals surface area contributed by atoms with Crippen LogP contribution in [0.4, 0.5) is 11.4 Å². The van der Waals surface area contributed by atoms with Gasteiger partial charge in [-0.15, -0.1) is 0 Å². The molecule has 0 fully saturated rings. The monoisotopic (exact) mass is 268 g/mol. The van der Waals surface area contributed by atoms with Crippen LogP contribution in [0.3, 0.4) is 0 Å². The third-order valence-electron chi connectivity index (χ3n) is 2.31. The Morgan fingerprint density at radius 3 is 2.72 bits per heavy atom. The van der Waals surface area contributed by atoms with E-state index in [2.05, 4.69) is 5.32 Å². The molecule has 0 unspecified atom stereocenters. The summed E-state index contributed by atoms with van der Waals surface area (Å²) in [6.07, 6.45) is 0. The Bertz CT molecular complexity index is 484. The van der Waals surface area contributed by atoms with E-state index in [-0.39, 0.29) is 11.6 Å². The molecule has 1 aromatic carbocycles. The molecule has 5 heteroatoms. The number of halogens is 1. The summed E-state index contributed by atoms with van der Waals surface area (Å²) in [6.45, 7) is 5.66. The van der Waals surface area contributed by atoms with Crippen molar-refractivity contribution in [3.63, 3.8) is 0 Å². The van der Waals surface area contributed by atoms with Gasteiger partial charge in [0.15, 0.2) is 0 Å². The predicted molar refractivity (Wildman–Crippen MR) is 74.4 cm³/mol. The minimum Gasteiger partial charge on any atom is -0.462 e. The van der Waals surface area contributed by atoms with Gasteiger partial charge in [-0.2, -0.15) is 0 Å². The normalized spacial score (nSPS) is 11.8. The first kappa shape index (κ1) is 14.4. The number of nitrogen functional groups attached to an aromatic ring is 1. The van der Waals surface area contributed by atoms with Crippen LogP contribution in [-0.4, -0.2) is 12.6 Å². The lowest BCUT2D eigenvalue weighted by Gasteiger charge is -2.11. The van der Waals surface area contributed by atoms with Crippen LogP contribution in [0.5, 0.6) is 0 Å². The number of esters is 1. The number of carbonyl (C=O) groups is 1. The molecule has 0 saturated carbocycles. The number of ether oxygens (including phenoxy) is 1. The van der Waals surface area contributed by atoms with Crippen LogP contribution in [0.2, 0.25) is 0 Å². The van der Waals surface area contributed by atoms with Gasteiger partial charge in [0, 0.05) is 5.70 Å². The fourth-order valence-electron chi connectivity index (χ4n) is 1.40. The summed E-state index contributed by atoms with van der Waals surface area (Å²) in [6, 6.07) is 5.60. The second-order valence-corrected chi connectivity index (χ2v) is 4.25. The van der Waals surface area contributed by atoms with E-state index in [1.54, 1.807) is 13.8 Å². The van der Waals surface area contributed by atoms with Crippen LogP contribution in [0.25, 0.3) is 0 Å². The lowest BCUT2D eigenvalue weighted by Crippen LogP contribution is -2.09. The molecule has 0 amide bonds. The van der Waals surface area contributed by atoms with Crippen molar-refractivity contribution >= 4 is 28.9 Å². The number of rotatable bonds is 4. The molecular formula is C13H17ClN2O2. The van der Waals surface area contributed by atoms with E-state index in [1.807, 2.05) is 25.1 Å². The van der Waals surface area contributed by atoms with E-state index in [4.69, 9.17) is 22.1 Å². The van der Waals surface area contributed by atoms with Crippen molar-refractivity contribution in [3.05, 3.63) is 34.5 Å². The van der Waals surface area contributed by atoms with Gasteiger partial charge in [0.1, 0.15) is 5.03 Å². The number of nitrogens with one attached hydrogen (secondary N) is 1. The van der Waals surface area contributed by atoms with Crippen LogP contribution in [-0.2, 0) is 9.53 Å². The van der Waals surface area contributed by atoms with Gasteiger partial charge in [0.05, 0.1) is 18.0 Å². The zero-order valence-electron chi connectivity index (χ0n) is 10.7. The maximum Gasteiger partial charge on any atom is 0.351 e. The fraction of sp³-hybridized carbons (Fsp3) is 0.308. The predicted octanol–water partition coefficient (Wildman–Crippen LogP) is 3.02. The third-order valence-corrected chi connectivity index (χ3v) is 2.75. The topological polar surface area (TPSA) is 64.3 Å². The molecular weight excluding hydrogens is 252 g/mol. The number of anilines is 2. The van der Waals surface area contributed by atoms with Gasteiger partial charge in [-0.05, 0) is 38.5 Å². The van der Waals surface area contributed by atoms with Crippen LogP contribution < -0.4 is 11.1 Å². The molecule has 0 saturated heterocycles. The molecule has 0 atom stereocenters. The molecule has 1 aromatic rings. The van der Waals surface area contributed by atoms with Gasteiger partial charge in [0.25, 0.3) is 0 Å². The lowest BCUT2D eigenvalue weighted by molar-refractivity contribution is -0.137. The zero-order valence-corrected chi connectivity index (χ0v) is 11.5. The average molecular weight is 269 g/mol. The molecule has 0 bridgehead atoms. The fourth-order valence-corrected chi connectivity index (χ4v) is 1.50. The number of hydrogen-bond acceptors (Lipinski definition) is 4. The van der Waals surface area contributed by atoms with Gasteiger partial charge in [-0.25, -0.2) is 4.79 Å². The molecule has 0 aliphatic rings. The Balaban J connectivity index is 2.89. The van der Waals surface area contributed by atoms with Crippen molar-refractivity contribution < 1.29 is 9.53 Å². The van der Waals surface area contributed by atoms with Gasteiger partial charge in [-0.3, -0.25) is 0 Å². The molecule has 0 aromatic heterocycles. The largest absolute Gasteiger partial charge is 0.462 e. The minimum absolute atomic E-state index is 0.0248. The Hall–Kier alpha value is -1.68. The average Bonchev–Trinajstić information content (AvgIpc) is 2.32. The summed E-state index contributed by atoms with van der Waals surface area (Å²) >= 11 is 5.90. The molecule has 0 aliphatic carbocycles. The summed E-state index contributed by atoms with van der Waals surface area (Å²) in [7, 11) is 0. The highest BCUT2D eigenvalue weighted by atomic mass is 35.5. The molecule has 0 aliphatic heterocycles. The van der Waals surface area contributed by atoms with Crippen molar-refractivity contribution in [2.24, 2.45) is 0 Å². The van der Waals surface area contributed by atoms with Crippen LogP contribution >= 0.6 is 11.6 Å². The number of nitrogens with two attached hydrogens (primary N) is 1. The van der Waals surface area contributed by atoms with Crippen molar-refractivity contribution in [2.75, 3.05) is 17.7 Å². The molecule has 3 N–H and O–H groups in total. The first-order chi connectivity index (χ1) is 8.45. The first-order valence-corrected chi connectivity index (χ1v) is 6.00. The summed E-state index contributed by atoms with van der Waals surface area (Å²) in [4.78, 5) is 11.4. The number of benzene rings is 1. The van der Waals surface area contributed by atoms with E-state index in [0.29, 0.717) is 17.1 Å². The lowest BCUT2D eigenvalue weighted by atomic mass is 10.2. The SMILES string of the molecule is CCOC(=O)/C(Cl)=C(/C)Nc1ccc(C)cc1N. The second-order valence-electron chi connectivity index (χ2n) is 3.88. The van der Waals surface area contributed by atoms with Crippen LogP contribution in [0.1, 0.15) is 19.4 Å². The van der Waals surface area contributed by atoms with Crippen molar-refractivity contribution in [2.45, 2.75) is 20.8 Å². The molecule has 1 rings (SSSR count). The van der Waals surface area contributed by atoms with Gasteiger partial charge < -0.3 is 15.8 Å². The summed E-state index contributed by atoms with van der Waals surface area (Å²) in [5, 5.41) is 3.02. The summed E-state index contributed by atoms with van der Waals surface area (Å²) in [5.74, 6) is -0.546. The van der Waals surface area contributed by atoms with E-state index < -0.39 is 5.97 Å².